The fourth-order valence-electron chi connectivity index (χ4n) is 4.21. The first-order chi connectivity index (χ1) is 14.4. The van der Waals surface area contributed by atoms with Crippen molar-refractivity contribution in [2.45, 2.75) is 0 Å². The molecule has 6 aromatic rings. The summed E-state index contributed by atoms with van der Waals surface area (Å²) in [4.78, 5) is 0. The van der Waals surface area contributed by atoms with Crippen molar-refractivity contribution in [1.29, 1.82) is 0 Å². The molecule has 0 unspecified atom stereocenters. The van der Waals surface area contributed by atoms with Crippen molar-refractivity contribution >= 4 is 32.7 Å². The largest absolute Gasteiger partial charge is 0.455 e. The van der Waals surface area contributed by atoms with E-state index in [-0.39, 0.29) is 0 Å². The molecular weight excluding hydrogens is 352 g/mol. The predicted octanol–water partition coefficient (Wildman–Crippen LogP) is 8.07. The van der Waals surface area contributed by atoms with Crippen LogP contribution in [-0.4, -0.2) is 0 Å². The zero-order chi connectivity index (χ0) is 19.2. The van der Waals surface area contributed by atoms with Gasteiger partial charge < -0.3 is 4.42 Å². The van der Waals surface area contributed by atoms with Crippen LogP contribution in [0.3, 0.4) is 0 Å². The van der Waals surface area contributed by atoms with Gasteiger partial charge in [-0.15, -0.1) is 0 Å². The van der Waals surface area contributed by atoms with Gasteiger partial charge in [-0.1, -0.05) is 91.0 Å². The molecule has 1 heteroatoms. The SMILES string of the molecule is c1cc(-c2ccc3ccccc3c2)cc(-c2cccc3c2oc2ccccc23)c1. The number of para-hydroxylation sites is 2. The number of hydrogen-bond donors (Lipinski definition) is 0. The van der Waals surface area contributed by atoms with E-state index in [1.807, 2.05) is 12.1 Å². The van der Waals surface area contributed by atoms with Crippen LogP contribution in [0.2, 0.25) is 0 Å². The molecule has 0 radical (unpaired) electrons. The normalized spacial score (nSPS) is 11.4. The van der Waals surface area contributed by atoms with Crippen molar-refractivity contribution < 1.29 is 4.42 Å². The van der Waals surface area contributed by atoms with Crippen LogP contribution < -0.4 is 0 Å². The molecule has 0 aliphatic carbocycles. The summed E-state index contributed by atoms with van der Waals surface area (Å²) in [6, 6.07) is 38.5. The standard InChI is InChI=1S/C28H18O/c1-2-8-20-17-22(16-15-19(20)7-1)21-9-5-10-23(18-21)24-12-6-13-26-25-11-3-4-14-27(25)29-28(24)26/h1-18H. The van der Waals surface area contributed by atoms with Crippen LogP contribution in [0.4, 0.5) is 0 Å². The lowest BCUT2D eigenvalue weighted by molar-refractivity contribution is 0.670. The quantitative estimate of drug-likeness (QED) is 0.300. The summed E-state index contributed by atoms with van der Waals surface area (Å²) in [6.07, 6.45) is 0. The van der Waals surface area contributed by atoms with Crippen LogP contribution in [0.5, 0.6) is 0 Å². The van der Waals surface area contributed by atoms with Crippen molar-refractivity contribution in [2.75, 3.05) is 0 Å². The van der Waals surface area contributed by atoms with E-state index in [1.54, 1.807) is 0 Å². The molecule has 0 saturated heterocycles. The van der Waals surface area contributed by atoms with Gasteiger partial charge in [0.1, 0.15) is 11.2 Å². The van der Waals surface area contributed by atoms with Crippen LogP contribution in [0.25, 0.3) is 55.0 Å². The summed E-state index contributed by atoms with van der Waals surface area (Å²) >= 11 is 0. The van der Waals surface area contributed by atoms with Gasteiger partial charge in [0.05, 0.1) is 0 Å². The zero-order valence-corrected chi connectivity index (χ0v) is 15.8. The maximum Gasteiger partial charge on any atom is 0.143 e. The third kappa shape index (κ3) is 2.63. The van der Waals surface area contributed by atoms with E-state index in [4.69, 9.17) is 4.42 Å². The molecule has 5 aromatic carbocycles. The molecule has 0 aliphatic heterocycles. The van der Waals surface area contributed by atoms with Gasteiger partial charge >= 0.3 is 0 Å². The first kappa shape index (κ1) is 16.1. The smallest absolute Gasteiger partial charge is 0.143 e. The van der Waals surface area contributed by atoms with E-state index in [2.05, 4.69) is 97.1 Å². The third-order valence-electron chi connectivity index (χ3n) is 5.66. The van der Waals surface area contributed by atoms with Crippen molar-refractivity contribution in [1.82, 2.24) is 0 Å². The monoisotopic (exact) mass is 370 g/mol. The summed E-state index contributed by atoms with van der Waals surface area (Å²) < 4.78 is 6.24. The molecule has 1 aromatic heterocycles. The number of rotatable bonds is 2. The van der Waals surface area contributed by atoms with E-state index < -0.39 is 0 Å². The van der Waals surface area contributed by atoms with Crippen LogP contribution in [0.1, 0.15) is 0 Å². The molecule has 0 amide bonds. The minimum absolute atomic E-state index is 0.931. The molecule has 0 aliphatic rings. The summed E-state index contributed by atoms with van der Waals surface area (Å²) in [7, 11) is 0. The van der Waals surface area contributed by atoms with Gasteiger partial charge in [-0.25, -0.2) is 0 Å². The van der Waals surface area contributed by atoms with Gasteiger partial charge in [0.25, 0.3) is 0 Å². The highest BCUT2D eigenvalue weighted by Crippen LogP contribution is 2.37. The molecule has 1 heterocycles. The predicted molar refractivity (Wildman–Crippen MR) is 122 cm³/mol. The molecule has 136 valence electrons. The van der Waals surface area contributed by atoms with Gasteiger partial charge in [-0.2, -0.15) is 0 Å². The second kappa shape index (κ2) is 6.35. The maximum absolute atomic E-state index is 6.24. The number of benzene rings is 5. The first-order valence-corrected chi connectivity index (χ1v) is 9.87. The van der Waals surface area contributed by atoms with E-state index in [0.29, 0.717) is 0 Å². The van der Waals surface area contributed by atoms with Crippen molar-refractivity contribution in [3.63, 3.8) is 0 Å². The Morgan fingerprint density at radius 3 is 2.14 bits per heavy atom. The van der Waals surface area contributed by atoms with Crippen LogP contribution >= 0.6 is 0 Å². The van der Waals surface area contributed by atoms with E-state index in [1.165, 1.54) is 27.5 Å². The van der Waals surface area contributed by atoms with E-state index in [9.17, 15) is 0 Å². The highest BCUT2D eigenvalue weighted by molar-refractivity contribution is 6.09. The molecule has 0 fully saturated rings. The summed E-state index contributed by atoms with van der Waals surface area (Å²) in [5, 5.41) is 4.85. The zero-order valence-electron chi connectivity index (χ0n) is 15.8. The van der Waals surface area contributed by atoms with Gasteiger partial charge in [0.2, 0.25) is 0 Å². The Bertz CT molecular complexity index is 1500. The Balaban J connectivity index is 1.53. The fraction of sp³-hybridized carbons (Fsp3) is 0. The Kier molecular flexibility index (Phi) is 3.54. The van der Waals surface area contributed by atoms with Gasteiger partial charge in [0, 0.05) is 16.3 Å². The molecule has 0 bridgehead atoms. The van der Waals surface area contributed by atoms with Gasteiger partial charge in [-0.3, -0.25) is 0 Å². The van der Waals surface area contributed by atoms with Gasteiger partial charge in [0.15, 0.2) is 0 Å². The second-order valence-electron chi connectivity index (χ2n) is 7.42. The van der Waals surface area contributed by atoms with Crippen molar-refractivity contribution in [2.24, 2.45) is 0 Å². The maximum atomic E-state index is 6.24. The highest BCUT2D eigenvalue weighted by Gasteiger charge is 2.12. The molecule has 0 spiro atoms. The van der Waals surface area contributed by atoms with Crippen LogP contribution in [0, 0.1) is 0 Å². The Labute approximate surface area is 168 Å². The summed E-state index contributed by atoms with van der Waals surface area (Å²) in [6.45, 7) is 0. The Morgan fingerprint density at radius 2 is 1.17 bits per heavy atom. The number of fused-ring (bicyclic) bond motifs is 4. The minimum Gasteiger partial charge on any atom is -0.455 e. The summed E-state index contributed by atoms with van der Waals surface area (Å²) in [5.41, 5.74) is 6.61. The molecule has 0 N–H and O–H groups in total. The lowest BCUT2D eigenvalue weighted by Crippen LogP contribution is -1.83. The average molecular weight is 370 g/mol. The van der Waals surface area contributed by atoms with E-state index >= 15 is 0 Å². The van der Waals surface area contributed by atoms with Crippen molar-refractivity contribution in [3.05, 3.63) is 109 Å². The first-order valence-electron chi connectivity index (χ1n) is 9.87. The third-order valence-corrected chi connectivity index (χ3v) is 5.66. The molecule has 0 saturated carbocycles. The molecular formula is C28H18O. The lowest BCUT2D eigenvalue weighted by atomic mass is 9.96. The summed E-state index contributed by atoms with van der Waals surface area (Å²) in [5.74, 6) is 0. The van der Waals surface area contributed by atoms with Crippen molar-refractivity contribution in [3.8, 4) is 22.3 Å². The fourth-order valence-corrected chi connectivity index (χ4v) is 4.21. The van der Waals surface area contributed by atoms with Crippen LogP contribution in [-0.2, 0) is 0 Å². The number of furan rings is 1. The second-order valence-corrected chi connectivity index (χ2v) is 7.42. The highest BCUT2D eigenvalue weighted by atomic mass is 16.3. The average Bonchev–Trinajstić information content (AvgIpc) is 3.18. The lowest BCUT2D eigenvalue weighted by Gasteiger charge is -2.08. The Hall–Kier alpha value is -3.84. The topological polar surface area (TPSA) is 13.1 Å². The Morgan fingerprint density at radius 1 is 0.448 bits per heavy atom. The minimum atomic E-state index is 0.931. The molecule has 1 nitrogen and oxygen atoms in total. The van der Waals surface area contributed by atoms with E-state index in [0.717, 1.165) is 27.5 Å². The number of hydrogen-bond acceptors (Lipinski definition) is 1. The molecule has 6 rings (SSSR count). The molecule has 0 atom stereocenters. The van der Waals surface area contributed by atoms with Crippen LogP contribution in [0.15, 0.2) is 114 Å². The van der Waals surface area contributed by atoms with Gasteiger partial charge in [-0.05, 0) is 45.7 Å². The molecule has 29 heavy (non-hydrogen) atoms.